The monoisotopic (exact) mass is 329 g/mol. The maximum Gasteiger partial charge on any atom is 0.253 e. The zero-order chi connectivity index (χ0) is 14.1. The van der Waals surface area contributed by atoms with Gasteiger partial charge < -0.3 is 14.4 Å². The van der Waals surface area contributed by atoms with Gasteiger partial charge in [0, 0.05) is 44.0 Å². The van der Waals surface area contributed by atoms with E-state index in [2.05, 4.69) is 15.9 Å². The minimum Gasteiger partial charge on any atom is -0.385 e. The van der Waals surface area contributed by atoms with Gasteiger partial charge in [0.1, 0.15) is 0 Å². The molecule has 0 radical (unpaired) electrons. The van der Waals surface area contributed by atoms with Crippen molar-refractivity contribution in [3.8, 4) is 0 Å². The maximum absolute atomic E-state index is 12.4. The molecule has 0 unspecified atom stereocenters. The molecule has 0 bridgehead atoms. The van der Waals surface area contributed by atoms with Crippen LogP contribution >= 0.6 is 15.9 Å². The Morgan fingerprint density at radius 1 is 1.21 bits per heavy atom. The highest BCUT2D eigenvalue weighted by Crippen LogP contribution is 2.13. The Labute approximate surface area is 122 Å². The lowest BCUT2D eigenvalue weighted by molar-refractivity contribution is 0.0674. The van der Waals surface area contributed by atoms with Crippen LogP contribution in [0.25, 0.3) is 0 Å². The summed E-state index contributed by atoms with van der Waals surface area (Å²) >= 11 is 3.38. The van der Waals surface area contributed by atoms with E-state index in [1.54, 1.807) is 19.1 Å². The van der Waals surface area contributed by atoms with Gasteiger partial charge in [-0.1, -0.05) is 22.0 Å². The number of methoxy groups -OCH3 is 2. The predicted molar refractivity (Wildman–Crippen MR) is 78.4 cm³/mol. The fourth-order valence-electron chi connectivity index (χ4n) is 1.72. The van der Waals surface area contributed by atoms with Crippen LogP contribution in [0.1, 0.15) is 16.8 Å². The van der Waals surface area contributed by atoms with E-state index in [-0.39, 0.29) is 5.91 Å². The number of nitrogens with zero attached hydrogens (tertiary/aromatic N) is 1. The number of halogens is 1. The first-order valence-corrected chi connectivity index (χ1v) is 7.01. The van der Waals surface area contributed by atoms with Gasteiger partial charge in [-0.2, -0.15) is 0 Å². The van der Waals surface area contributed by atoms with Crippen LogP contribution in [0.2, 0.25) is 0 Å². The zero-order valence-electron chi connectivity index (χ0n) is 11.4. The molecule has 5 heteroatoms. The van der Waals surface area contributed by atoms with Crippen LogP contribution in [0.5, 0.6) is 0 Å². The molecule has 1 amide bonds. The topological polar surface area (TPSA) is 38.8 Å². The summed E-state index contributed by atoms with van der Waals surface area (Å²) in [5, 5.41) is 0. The molecule has 1 aromatic carbocycles. The number of carbonyl (C=O) groups excluding carboxylic acids is 1. The Balaban J connectivity index is 2.69. The summed E-state index contributed by atoms with van der Waals surface area (Å²) in [7, 11) is 3.30. The van der Waals surface area contributed by atoms with Crippen molar-refractivity contribution in [3.05, 3.63) is 34.3 Å². The van der Waals surface area contributed by atoms with Crippen LogP contribution < -0.4 is 0 Å². The van der Waals surface area contributed by atoms with E-state index >= 15 is 0 Å². The summed E-state index contributed by atoms with van der Waals surface area (Å²) in [5.41, 5.74) is 0.683. The molecule has 0 saturated carbocycles. The fourth-order valence-corrected chi connectivity index (χ4v) is 2.12. The highest BCUT2D eigenvalue weighted by atomic mass is 79.9. The fraction of sp³-hybridized carbons (Fsp3) is 0.500. The van der Waals surface area contributed by atoms with Gasteiger partial charge in [-0.25, -0.2) is 0 Å². The Kier molecular flexibility index (Phi) is 7.70. The maximum atomic E-state index is 12.4. The molecule has 0 aliphatic rings. The van der Waals surface area contributed by atoms with Crippen molar-refractivity contribution in [2.45, 2.75) is 6.42 Å². The molecule has 1 aromatic rings. The molecule has 0 fully saturated rings. The van der Waals surface area contributed by atoms with Gasteiger partial charge in [0.15, 0.2) is 0 Å². The number of benzene rings is 1. The van der Waals surface area contributed by atoms with Crippen molar-refractivity contribution in [3.63, 3.8) is 0 Å². The van der Waals surface area contributed by atoms with E-state index < -0.39 is 0 Å². The first-order valence-electron chi connectivity index (χ1n) is 6.21. The molecule has 0 saturated heterocycles. The van der Waals surface area contributed by atoms with Gasteiger partial charge in [-0.15, -0.1) is 0 Å². The number of amides is 1. The van der Waals surface area contributed by atoms with E-state index in [9.17, 15) is 4.79 Å². The van der Waals surface area contributed by atoms with E-state index in [0.29, 0.717) is 31.9 Å². The Morgan fingerprint density at radius 3 is 2.58 bits per heavy atom. The first kappa shape index (κ1) is 16.1. The van der Waals surface area contributed by atoms with Crippen molar-refractivity contribution in [1.29, 1.82) is 0 Å². The summed E-state index contributed by atoms with van der Waals surface area (Å²) in [5.74, 6) is 0.0226. The largest absolute Gasteiger partial charge is 0.385 e. The van der Waals surface area contributed by atoms with Crippen molar-refractivity contribution >= 4 is 21.8 Å². The van der Waals surface area contributed by atoms with Crippen LogP contribution in [0, 0.1) is 0 Å². The van der Waals surface area contributed by atoms with E-state index in [4.69, 9.17) is 9.47 Å². The van der Waals surface area contributed by atoms with Gasteiger partial charge in [-0.05, 0) is 24.6 Å². The van der Waals surface area contributed by atoms with Gasteiger partial charge >= 0.3 is 0 Å². The van der Waals surface area contributed by atoms with Crippen molar-refractivity contribution in [1.82, 2.24) is 4.90 Å². The van der Waals surface area contributed by atoms with Gasteiger partial charge in [-0.3, -0.25) is 4.79 Å². The molecular weight excluding hydrogens is 310 g/mol. The van der Waals surface area contributed by atoms with Crippen molar-refractivity contribution < 1.29 is 14.3 Å². The average molecular weight is 330 g/mol. The van der Waals surface area contributed by atoms with Crippen LogP contribution in [0.4, 0.5) is 0 Å². The molecule has 0 N–H and O–H groups in total. The highest BCUT2D eigenvalue weighted by molar-refractivity contribution is 9.10. The number of ether oxygens (including phenoxy) is 2. The van der Waals surface area contributed by atoms with E-state index in [0.717, 1.165) is 10.9 Å². The molecule has 0 atom stereocenters. The van der Waals surface area contributed by atoms with Gasteiger partial charge in [0.2, 0.25) is 0 Å². The normalized spacial score (nSPS) is 10.5. The van der Waals surface area contributed by atoms with Crippen LogP contribution in [0.15, 0.2) is 28.7 Å². The number of hydrogen-bond donors (Lipinski definition) is 0. The molecule has 4 nitrogen and oxygen atoms in total. The lowest BCUT2D eigenvalue weighted by Crippen LogP contribution is -2.35. The smallest absolute Gasteiger partial charge is 0.253 e. The molecule has 0 aliphatic heterocycles. The molecule has 0 aromatic heterocycles. The van der Waals surface area contributed by atoms with Gasteiger partial charge in [0.05, 0.1) is 6.61 Å². The summed E-state index contributed by atoms with van der Waals surface area (Å²) in [6.45, 7) is 2.44. The standard InChI is InChI=1S/C14H20BrNO3/c1-18-9-4-7-16(8-10-19-2)14(17)12-5-3-6-13(15)11-12/h3,5-6,11H,4,7-10H2,1-2H3. The molecule has 19 heavy (non-hydrogen) atoms. The van der Waals surface area contributed by atoms with Gasteiger partial charge in [0.25, 0.3) is 5.91 Å². The third-order valence-corrected chi connectivity index (χ3v) is 3.19. The minimum absolute atomic E-state index is 0.0226. The second kappa shape index (κ2) is 9.07. The number of carbonyl (C=O) groups is 1. The lowest BCUT2D eigenvalue weighted by Gasteiger charge is -2.22. The number of hydrogen-bond acceptors (Lipinski definition) is 3. The van der Waals surface area contributed by atoms with Crippen molar-refractivity contribution in [2.24, 2.45) is 0 Å². The zero-order valence-corrected chi connectivity index (χ0v) is 13.0. The average Bonchev–Trinajstić information content (AvgIpc) is 2.42. The molecule has 0 spiro atoms. The summed E-state index contributed by atoms with van der Waals surface area (Å²) in [6, 6.07) is 7.42. The summed E-state index contributed by atoms with van der Waals surface area (Å²) < 4.78 is 11.0. The van der Waals surface area contributed by atoms with Crippen LogP contribution in [0.3, 0.4) is 0 Å². The second-order valence-corrected chi connectivity index (χ2v) is 5.06. The summed E-state index contributed by atoms with van der Waals surface area (Å²) in [6.07, 6.45) is 0.819. The Morgan fingerprint density at radius 2 is 1.95 bits per heavy atom. The minimum atomic E-state index is 0.0226. The quantitative estimate of drug-likeness (QED) is 0.688. The highest BCUT2D eigenvalue weighted by Gasteiger charge is 2.15. The third-order valence-electron chi connectivity index (χ3n) is 2.70. The van der Waals surface area contributed by atoms with Crippen molar-refractivity contribution in [2.75, 3.05) is 40.5 Å². The third kappa shape index (κ3) is 5.72. The number of rotatable bonds is 8. The second-order valence-electron chi connectivity index (χ2n) is 4.14. The molecular formula is C14H20BrNO3. The molecule has 1 rings (SSSR count). The summed E-state index contributed by atoms with van der Waals surface area (Å²) in [4.78, 5) is 14.2. The molecule has 106 valence electrons. The predicted octanol–water partition coefficient (Wildman–Crippen LogP) is 2.57. The van der Waals surface area contributed by atoms with Crippen LogP contribution in [-0.4, -0.2) is 51.3 Å². The van der Waals surface area contributed by atoms with E-state index in [1.165, 1.54) is 0 Å². The van der Waals surface area contributed by atoms with E-state index in [1.807, 2.05) is 24.3 Å². The Bertz CT molecular complexity index is 398. The SMILES string of the molecule is COCCCN(CCOC)C(=O)c1cccc(Br)c1. The lowest BCUT2D eigenvalue weighted by atomic mass is 10.2. The Hall–Kier alpha value is -0.910. The molecule has 0 aliphatic carbocycles. The molecule has 0 heterocycles. The van der Waals surface area contributed by atoms with Crippen LogP contribution in [-0.2, 0) is 9.47 Å². The first-order chi connectivity index (χ1) is 9.19.